The Morgan fingerprint density at radius 3 is 2.05 bits per heavy atom. The van der Waals surface area contributed by atoms with Crippen LogP contribution in [0.5, 0.6) is 6.01 Å². The predicted molar refractivity (Wildman–Crippen MR) is 163 cm³/mol. The summed E-state index contributed by atoms with van der Waals surface area (Å²) in [4.78, 5) is 17.1. The Morgan fingerprint density at radius 1 is 0.800 bits per heavy atom. The monoisotopic (exact) mass is 548 g/mol. The minimum absolute atomic E-state index is 0.0646. The Labute approximate surface area is 240 Å². The highest BCUT2D eigenvalue weighted by molar-refractivity contribution is 5.90. The fourth-order valence-corrected chi connectivity index (χ4v) is 4.62. The van der Waals surface area contributed by atoms with Crippen LogP contribution in [0.1, 0.15) is 96.5 Å². The molecule has 1 aromatic heterocycles. The van der Waals surface area contributed by atoms with Crippen LogP contribution in [0.3, 0.4) is 0 Å². The number of nitrogens with zero attached hydrogens (tertiary/aromatic N) is 3. The number of hydrogen-bond acceptors (Lipinski definition) is 5. The second-order valence-electron chi connectivity index (χ2n) is 10.4. The third kappa shape index (κ3) is 11.1. The van der Waals surface area contributed by atoms with E-state index >= 15 is 0 Å². The molecule has 0 fully saturated rings. The topological polar surface area (TPSA) is 78.3 Å². The number of carbonyl (C=O) groups excluding carboxylic acids is 1. The largest absolute Gasteiger partial charge is 0.460 e. The van der Waals surface area contributed by atoms with Gasteiger partial charge in [-0.3, -0.25) is 4.79 Å². The smallest absolute Gasteiger partial charge is 0.336 e. The standard InChI is InChI=1S/C33H48N4O3/c1-4-6-7-8-9-10-11-12-13-14-15-16-31(38)34-29-21-23-30(24-22-29)37-32(28-19-17-27(3)18-20-28)35-33(36-37)40-26-25-39-5-2/h17-24H,4-16,25-26H2,1-3H3,(H,34,38). The van der Waals surface area contributed by atoms with Gasteiger partial charge in [0.15, 0.2) is 5.82 Å². The van der Waals surface area contributed by atoms with Crippen LogP contribution in [0.2, 0.25) is 0 Å². The maximum Gasteiger partial charge on any atom is 0.336 e. The first-order valence-electron chi connectivity index (χ1n) is 15.3. The predicted octanol–water partition coefficient (Wildman–Crippen LogP) is 8.30. The first kappa shape index (κ1) is 31.3. The normalized spacial score (nSPS) is 11.1. The molecule has 0 saturated heterocycles. The molecule has 3 rings (SSSR count). The molecular weight excluding hydrogens is 500 g/mol. The lowest BCUT2D eigenvalue weighted by atomic mass is 10.1. The summed E-state index contributed by atoms with van der Waals surface area (Å²) >= 11 is 0. The van der Waals surface area contributed by atoms with Crippen LogP contribution in [-0.4, -0.2) is 40.5 Å². The number of unbranched alkanes of at least 4 members (excludes halogenated alkanes) is 10. The maximum atomic E-state index is 12.5. The quantitative estimate of drug-likeness (QED) is 0.144. The van der Waals surface area contributed by atoms with Crippen LogP contribution in [0.15, 0.2) is 48.5 Å². The van der Waals surface area contributed by atoms with Gasteiger partial charge >= 0.3 is 6.01 Å². The van der Waals surface area contributed by atoms with Gasteiger partial charge in [0.1, 0.15) is 6.61 Å². The van der Waals surface area contributed by atoms with E-state index in [9.17, 15) is 4.79 Å². The van der Waals surface area contributed by atoms with Gasteiger partial charge < -0.3 is 14.8 Å². The van der Waals surface area contributed by atoms with E-state index in [0.29, 0.717) is 38.1 Å². The van der Waals surface area contributed by atoms with E-state index in [4.69, 9.17) is 9.47 Å². The van der Waals surface area contributed by atoms with Gasteiger partial charge in [0, 0.05) is 24.3 Å². The lowest BCUT2D eigenvalue weighted by Gasteiger charge is -2.09. The van der Waals surface area contributed by atoms with Gasteiger partial charge in [0.2, 0.25) is 5.91 Å². The SMILES string of the molecule is CCCCCCCCCCCCCC(=O)Nc1ccc(-n2nc(OCCOCC)nc2-c2ccc(C)cc2)cc1. The number of amides is 1. The fraction of sp³-hybridized carbons (Fsp3) is 0.545. The van der Waals surface area contributed by atoms with Crippen molar-refractivity contribution in [3.05, 3.63) is 54.1 Å². The van der Waals surface area contributed by atoms with E-state index in [1.54, 1.807) is 4.68 Å². The van der Waals surface area contributed by atoms with Gasteiger partial charge in [0.05, 0.1) is 12.3 Å². The summed E-state index contributed by atoms with van der Waals surface area (Å²) in [5.41, 5.74) is 3.74. The maximum absolute atomic E-state index is 12.5. The lowest BCUT2D eigenvalue weighted by Crippen LogP contribution is -2.11. The summed E-state index contributed by atoms with van der Waals surface area (Å²) in [6.07, 6.45) is 14.6. The fourth-order valence-electron chi connectivity index (χ4n) is 4.62. The summed E-state index contributed by atoms with van der Waals surface area (Å²) in [5.74, 6) is 0.759. The van der Waals surface area contributed by atoms with Crippen LogP contribution >= 0.6 is 0 Å². The van der Waals surface area contributed by atoms with Crippen molar-refractivity contribution in [2.45, 2.75) is 97.8 Å². The van der Waals surface area contributed by atoms with E-state index in [2.05, 4.69) is 41.4 Å². The molecular formula is C33H48N4O3. The second-order valence-corrected chi connectivity index (χ2v) is 10.4. The van der Waals surface area contributed by atoms with Crippen molar-refractivity contribution in [3.8, 4) is 23.1 Å². The molecule has 0 aliphatic heterocycles. The molecule has 1 N–H and O–H groups in total. The number of ether oxygens (including phenoxy) is 2. The van der Waals surface area contributed by atoms with E-state index < -0.39 is 0 Å². The van der Waals surface area contributed by atoms with Gasteiger partial charge in [-0.1, -0.05) is 101 Å². The van der Waals surface area contributed by atoms with Gasteiger partial charge in [-0.05, 0) is 44.5 Å². The Bertz CT molecular complexity index is 1110. The average molecular weight is 549 g/mol. The first-order valence-corrected chi connectivity index (χ1v) is 15.3. The summed E-state index contributed by atoms with van der Waals surface area (Å²) in [6.45, 7) is 7.78. The molecule has 1 amide bonds. The third-order valence-corrected chi connectivity index (χ3v) is 6.96. The molecule has 0 aliphatic rings. The molecule has 0 bridgehead atoms. The van der Waals surface area contributed by atoms with Crippen LogP contribution in [0.4, 0.5) is 5.69 Å². The summed E-state index contributed by atoms with van der Waals surface area (Å²) in [6, 6.07) is 16.2. The zero-order valence-corrected chi connectivity index (χ0v) is 24.8. The van der Waals surface area contributed by atoms with Crippen LogP contribution in [0, 0.1) is 6.92 Å². The minimum Gasteiger partial charge on any atom is -0.460 e. The molecule has 0 saturated carbocycles. The Morgan fingerprint density at radius 2 is 1.43 bits per heavy atom. The van der Waals surface area contributed by atoms with Crippen LogP contribution in [-0.2, 0) is 9.53 Å². The molecule has 40 heavy (non-hydrogen) atoms. The number of aromatic nitrogens is 3. The molecule has 7 heteroatoms. The number of aryl methyl sites for hydroxylation is 1. The molecule has 7 nitrogen and oxygen atoms in total. The number of anilines is 1. The molecule has 2 aromatic carbocycles. The first-order chi connectivity index (χ1) is 19.6. The minimum atomic E-state index is 0.0646. The number of hydrogen-bond donors (Lipinski definition) is 1. The van der Waals surface area contributed by atoms with E-state index in [1.165, 1.54) is 63.4 Å². The van der Waals surface area contributed by atoms with Gasteiger partial charge in [-0.25, -0.2) is 4.68 Å². The summed E-state index contributed by atoms with van der Waals surface area (Å²) < 4.78 is 12.9. The van der Waals surface area contributed by atoms with Crippen molar-refractivity contribution < 1.29 is 14.3 Å². The lowest BCUT2D eigenvalue weighted by molar-refractivity contribution is -0.116. The molecule has 3 aromatic rings. The molecule has 0 atom stereocenters. The number of carbonyl (C=O) groups is 1. The van der Waals surface area contributed by atoms with E-state index in [1.807, 2.05) is 43.3 Å². The number of benzene rings is 2. The molecule has 0 spiro atoms. The van der Waals surface area contributed by atoms with Crippen molar-refractivity contribution in [1.29, 1.82) is 0 Å². The second kappa shape index (κ2) is 18.2. The average Bonchev–Trinajstić information content (AvgIpc) is 3.39. The molecule has 1 heterocycles. The van der Waals surface area contributed by atoms with Crippen molar-refractivity contribution in [2.24, 2.45) is 0 Å². The van der Waals surface area contributed by atoms with Crippen molar-refractivity contribution in [1.82, 2.24) is 14.8 Å². The Kier molecular flexibility index (Phi) is 14.3. The Hall–Kier alpha value is -3.19. The van der Waals surface area contributed by atoms with E-state index in [0.717, 1.165) is 29.8 Å². The van der Waals surface area contributed by atoms with Crippen molar-refractivity contribution >= 4 is 11.6 Å². The number of rotatable bonds is 20. The summed E-state index contributed by atoms with van der Waals surface area (Å²) in [5, 5.41) is 7.63. The Balaban J connectivity index is 1.48. The van der Waals surface area contributed by atoms with E-state index in [-0.39, 0.29) is 5.91 Å². The molecule has 0 unspecified atom stereocenters. The molecule has 218 valence electrons. The highest BCUT2D eigenvalue weighted by atomic mass is 16.5. The highest BCUT2D eigenvalue weighted by Gasteiger charge is 2.15. The zero-order valence-electron chi connectivity index (χ0n) is 24.8. The zero-order chi connectivity index (χ0) is 28.4. The number of nitrogens with one attached hydrogen (secondary N) is 1. The van der Waals surface area contributed by atoms with Crippen LogP contribution < -0.4 is 10.1 Å². The van der Waals surface area contributed by atoms with Gasteiger partial charge in [-0.15, -0.1) is 5.10 Å². The molecule has 0 radical (unpaired) electrons. The highest BCUT2D eigenvalue weighted by Crippen LogP contribution is 2.25. The third-order valence-electron chi connectivity index (χ3n) is 6.96. The summed E-state index contributed by atoms with van der Waals surface area (Å²) in [7, 11) is 0. The van der Waals surface area contributed by atoms with Crippen LogP contribution in [0.25, 0.3) is 17.1 Å². The van der Waals surface area contributed by atoms with Gasteiger partial charge in [0.25, 0.3) is 0 Å². The molecule has 0 aliphatic carbocycles. The van der Waals surface area contributed by atoms with Crippen molar-refractivity contribution in [3.63, 3.8) is 0 Å². The van der Waals surface area contributed by atoms with Crippen molar-refractivity contribution in [2.75, 3.05) is 25.1 Å². The van der Waals surface area contributed by atoms with Gasteiger partial charge in [-0.2, -0.15) is 4.98 Å².